The van der Waals surface area contributed by atoms with E-state index in [0.29, 0.717) is 31.4 Å². The van der Waals surface area contributed by atoms with Gasteiger partial charge in [0.05, 0.1) is 5.56 Å². The number of hydrogen-bond acceptors (Lipinski definition) is 3. The normalized spacial score (nSPS) is 17.7. The van der Waals surface area contributed by atoms with Crippen molar-refractivity contribution in [2.24, 2.45) is 0 Å². The number of carbonyl (C=O) groups excluding carboxylic acids is 3. The number of urea groups is 1. The van der Waals surface area contributed by atoms with Gasteiger partial charge in [-0.05, 0) is 60.1 Å². The third kappa shape index (κ3) is 5.02. The first kappa shape index (κ1) is 27.7. The van der Waals surface area contributed by atoms with Gasteiger partial charge in [-0.3, -0.25) is 19.4 Å². The second-order valence-electron chi connectivity index (χ2n) is 10.8. The van der Waals surface area contributed by atoms with Gasteiger partial charge in [0.15, 0.2) is 0 Å². The van der Waals surface area contributed by atoms with Crippen LogP contribution >= 0.6 is 0 Å². The Bertz CT molecular complexity index is 1190. The maximum absolute atomic E-state index is 13.7. The Morgan fingerprint density at radius 3 is 1.97 bits per heavy atom. The number of amides is 4. The van der Waals surface area contributed by atoms with Crippen molar-refractivity contribution < 1.29 is 27.6 Å². The molecule has 4 amide bonds. The topological polar surface area (TPSA) is 69.7 Å². The molecule has 0 radical (unpaired) electrons. The van der Waals surface area contributed by atoms with Crippen molar-refractivity contribution in [3.05, 3.63) is 59.2 Å². The van der Waals surface area contributed by atoms with Crippen molar-refractivity contribution in [1.82, 2.24) is 4.90 Å². The average Bonchev–Trinajstić information content (AvgIpc) is 3.04. The van der Waals surface area contributed by atoms with E-state index in [1.54, 1.807) is 0 Å². The number of halogens is 3. The highest BCUT2D eigenvalue weighted by atomic mass is 19.4. The molecule has 1 N–H and O–H groups in total. The fourth-order valence-corrected chi connectivity index (χ4v) is 5.63. The smallest absolute Gasteiger partial charge is 0.324 e. The zero-order valence-corrected chi connectivity index (χ0v) is 22.2. The molecule has 4 rings (SSSR count). The first-order chi connectivity index (χ1) is 17.9. The lowest BCUT2D eigenvalue weighted by atomic mass is 9.80. The van der Waals surface area contributed by atoms with E-state index in [1.165, 1.54) is 17.0 Å². The number of imide groups is 1. The maximum Gasteiger partial charge on any atom is 0.416 e. The number of rotatable bonds is 6. The molecule has 2 aliphatic rings. The third-order valence-electron chi connectivity index (χ3n) is 7.57. The molecule has 1 aliphatic carbocycles. The quantitative estimate of drug-likeness (QED) is 0.407. The second-order valence-corrected chi connectivity index (χ2v) is 10.8. The van der Waals surface area contributed by atoms with Crippen LogP contribution in [0.25, 0.3) is 0 Å². The predicted molar refractivity (Wildman–Crippen MR) is 140 cm³/mol. The molecule has 204 valence electrons. The van der Waals surface area contributed by atoms with Crippen LogP contribution < -0.4 is 10.2 Å². The molecule has 0 bridgehead atoms. The minimum atomic E-state index is -4.52. The van der Waals surface area contributed by atoms with E-state index < -0.39 is 41.7 Å². The minimum Gasteiger partial charge on any atom is -0.324 e. The summed E-state index contributed by atoms with van der Waals surface area (Å²) in [6.07, 6.45) is -1.42. The highest BCUT2D eigenvalue weighted by Gasteiger charge is 2.58. The van der Waals surface area contributed by atoms with Crippen LogP contribution in [-0.2, 0) is 15.8 Å². The van der Waals surface area contributed by atoms with Crippen LogP contribution in [0.5, 0.6) is 0 Å². The molecule has 6 nitrogen and oxygen atoms in total. The fraction of sp³-hybridized carbons (Fsp3) is 0.483. The van der Waals surface area contributed by atoms with Crippen LogP contribution in [-0.4, -0.2) is 34.8 Å². The molecule has 38 heavy (non-hydrogen) atoms. The Kier molecular flexibility index (Phi) is 7.59. The van der Waals surface area contributed by atoms with Crippen LogP contribution in [0.3, 0.4) is 0 Å². The molecular formula is C29H34F3N3O3. The molecule has 0 aromatic heterocycles. The van der Waals surface area contributed by atoms with Gasteiger partial charge in [-0.1, -0.05) is 65.2 Å². The largest absolute Gasteiger partial charge is 0.416 e. The van der Waals surface area contributed by atoms with Crippen molar-refractivity contribution >= 4 is 29.2 Å². The van der Waals surface area contributed by atoms with Gasteiger partial charge >= 0.3 is 12.2 Å². The molecule has 1 saturated carbocycles. The van der Waals surface area contributed by atoms with Crippen LogP contribution in [0.4, 0.5) is 29.3 Å². The van der Waals surface area contributed by atoms with Crippen molar-refractivity contribution in [2.75, 3.05) is 16.8 Å². The number of para-hydroxylation sites is 1. The summed E-state index contributed by atoms with van der Waals surface area (Å²) in [5.41, 5.74) is 0.784. The van der Waals surface area contributed by atoms with E-state index >= 15 is 0 Å². The summed E-state index contributed by atoms with van der Waals surface area (Å²) in [6.45, 7) is 7.63. The Morgan fingerprint density at radius 1 is 0.921 bits per heavy atom. The van der Waals surface area contributed by atoms with Crippen molar-refractivity contribution in [1.29, 1.82) is 0 Å². The minimum absolute atomic E-state index is 0.139. The van der Waals surface area contributed by atoms with Crippen LogP contribution in [0.15, 0.2) is 42.5 Å². The monoisotopic (exact) mass is 529 g/mol. The van der Waals surface area contributed by atoms with Gasteiger partial charge in [0.2, 0.25) is 5.91 Å². The summed E-state index contributed by atoms with van der Waals surface area (Å²) in [7, 11) is 0. The zero-order chi connectivity index (χ0) is 27.8. The SMILES string of the molecule is CC(C)c1cccc(C(C)C)c1NC(=O)CN1C(=O)N(c2ccc(C(F)(F)F)cc2)C2(CCCCC2)C1=O. The summed E-state index contributed by atoms with van der Waals surface area (Å²) >= 11 is 0. The lowest BCUT2D eigenvalue weighted by molar-refractivity contribution is -0.137. The number of alkyl halides is 3. The Hall–Kier alpha value is -3.36. The van der Waals surface area contributed by atoms with Gasteiger partial charge in [-0.15, -0.1) is 0 Å². The van der Waals surface area contributed by atoms with E-state index in [1.807, 2.05) is 45.9 Å². The summed E-state index contributed by atoms with van der Waals surface area (Å²) in [5.74, 6) is -0.695. The molecule has 2 aromatic carbocycles. The van der Waals surface area contributed by atoms with Gasteiger partial charge in [0.1, 0.15) is 12.1 Å². The summed E-state index contributed by atoms with van der Waals surface area (Å²) in [4.78, 5) is 42.9. The first-order valence-corrected chi connectivity index (χ1v) is 13.1. The predicted octanol–water partition coefficient (Wildman–Crippen LogP) is 7.06. The molecule has 9 heteroatoms. The van der Waals surface area contributed by atoms with E-state index in [9.17, 15) is 27.6 Å². The highest BCUT2D eigenvalue weighted by molar-refractivity contribution is 6.18. The van der Waals surface area contributed by atoms with Gasteiger partial charge in [-0.2, -0.15) is 13.2 Å². The molecule has 1 spiro atoms. The van der Waals surface area contributed by atoms with Crippen molar-refractivity contribution in [3.8, 4) is 0 Å². The van der Waals surface area contributed by atoms with Gasteiger partial charge < -0.3 is 5.32 Å². The van der Waals surface area contributed by atoms with Crippen LogP contribution in [0, 0.1) is 0 Å². The number of benzene rings is 2. The average molecular weight is 530 g/mol. The molecule has 1 aliphatic heterocycles. The number of hydrogen-bond donors (Lipinski definition) is 1. The van der Waals surface area contributed by atoms with E-state index in [4.69, 9.17) is 0 Å². The number of nitrogens with zero attached hydrogens (tertiary/aromatic N) is 2. The molecule has 0 atom stereocenters. The Morgan fingerprint density at radius 2 is 1.47 bits per heavy atom. The standard InChI is InChI=1S/C29H34F3N3O3/c1-18(2)22-9-8-10-23(19(3)4)25(22)33-24(36)17-34-26(37)28(15-6-5-7-16-28)35(27(34)38)21-13-11-20(12-14-21)29(30,31)32/h8-14,18-19H,5-7,15-17H2,1-4H3,(H,33,36). The first-order valence-electron chi connectivity index (χ1n) is 13.1. The van der Waals surface area contributed by atoms with E-state index in [2.05, 4.69) is 5.32 Å². The number of carbonyl (C=O) groups is 3. The Balaban J connectivity index is 1.64. The highest BCUT2D eigenvalue weighted by Crippen LogP contribution is 2.44. The van der Waals surface area contributed by atoms with E-state index in [0.717, 1.165) is 34.6 Å². The van der Waals surface area contributed by atoms with Crippen molar-refractivity contribution in [3.63, 3.8) is 0 Å². The summed E-state index contributed by atoms with van der Waals surface area (Å²) in [6, 6.07) is 9.42. The molecule has 1 saturated heterocycles. The third-order valence-corrected chi connectivity index (χ3v) is 7.57. The van der Waals surface area contributed by atoms with Crippen molar-refractivity contribution in [2.45, 2.75) is 83.4 Å². The van der Waals surface area contributed by atoms with Gasteiger partial charge in [0, 0.05) is 11.4 Å². The molecule has 2 fully saturated rings. The molecule has 0 unspecified atom stereocenters. The molecule has 2 aromatic rings. The lowest BCUT2D eigenvalue weighted by Crippen LogP contribution is -2.51. The van der Waals surface area contributed by atoms with Gasteiger partial charge in [0.25, 0.3) is 5.91 Å². The van der Waals surface area contributed by atoms with Crippen LogP contribution in [0.2, 0.25) is 0 Å². The molecular weight excluding hydrogens is 495 g/mol. The maximum atomic E-state index is 13.7. The summed E-state index contributed by atoms with van der Waals surface area (Å²) in [5, 5.41) is 2.95. The number of anilines is 2. The number of nitrogens with one attached hydrogen (secondary N) is 1. The van der Waals surface area contributed by atoms with Gasteiger partial charge in [-0.25, -0.2) is 4.79 Å². The molecule has 1 heterocycles. The van der Waals surface area contributed by atoms with E-state index in [-0.39, 0.29) is 17.5 Å². The lowest BCUT2D eigenvalue weighted by Gasteiger charge is -2.38. The second kappa shape index (κ2) is 10.4. The fourth-order valence-electron chi connectivity index (χ4n) is 5.63. The van der Waals surface area contributed by atoms with Crippen LogP contribution in [0.1, 0.15) is 88.3 Å². The summed E-state index contributed by atoms with van der Waals surface area (Å²) < 4.78 is 39.4. The Labute approximate surface area is 221 Å². The zero-order valence-electron chi connectivity index (χ0n) is 22.2.